The molecule has 0 amide bonds. The van der Waals surface area contributed by atoms with Gasteiger partial charge in [-0.25, -0.2) is 4.39 Å². The van der Waals surface area contributed by atoms with Crippen molar-refractivity contribution in [1.82, 2.24) is 5.32 Å². The second-order valence-electron chi connectivity index (χ2n) is 7.20. The Morgan fingerprint density at radius 1 is 1.19 bits per heavy atom. The highest BCUT2D eigenvalue weighted by Gasteiger charge is 2.25. The minimum Gasteiger partial charge on any atom is -0.490 e. The molecule has 0 fully saturated rings. The molecule has 0 spiro atoms. The number of hydrogen-bond donors (Lipinski definition) is 2. The fourth-order valence-electron chi connectivity index (χ4n) is 1.57. The molecule has 0 aromatic heterocycles. The first kappa shape index (κ1) is 17.9. The van der Waals surface area contributed by atoms with Crippen molar-refractivity contribution in [3.05, 3.63) is 29.6 Å². The molecule has 3 nitrogen and oxygen atoms in total. The van der Waals surface area contributed by atoms with Crippen molar-refractivity contribution in [3.63, 3.8) is 0 Å². The lowest BCUT2D eigenvalue weighted by Crippen LogP contribution is -2.37. The summed E-state index contributed by atoms with van der Waals surface area (Å²) in [6, 6.07) is 4.64. The maximum absolute atomic E-state index is 13.7. The Bertz CT molecular complexity index is 464. The molecule has 4 heteroatoms. The molecule has 0 aliphatic carbocycles. The first-order chi connectivity index (χ1) is 9.49. The van der Waals surface area contributed by atoms with Gasteiger partial charge >= 0.3 is 0 Å². The third-order valence-corrected chi connectivity index (χ3v) is 3.53. The molecule has 0 heterocycles. The molecule has 21 heavy (non-hydrogen) atoms. The van der Waals surface area contributed by atoms with Crippen LogP contribution < -0.4 is 10.1 Å². The molecule has 2 N–H and O–H groups in total. The molecule has 0 radical (unpaired) electrons. The zero-order valence-electron chi connectivity index (χ0n) is 14.0. The molecule has 1 aromatic carbocycles. The van der Waals surface area contributed by atoms with E-state index in [0.717, 1.165) is 5.56 Å². The van der Waals surface area contributed by atoms with E-state index in [2.05, 4.69) is 26.1 Å². The minimum absolute atomic E-state index is 0.0331. The maximum atomic E-state index is 13.7. The monoisotopic (exact) mass is 297 g/mol. The van der Waals surface area contributed by atoms with E-state index in [9.17, 15) is 9.50 Å². The fraction of sp³-hybridized carbons (Fsp3) is 0.647. The summed E-state index contributed by atoms with van der Waals surface area (Å²) in [4.78, 5) is 0. The van der Waals surface area contributed by atoms with Gasteiger partial charge in [-0.1, -0.05) is 13.8 Å². The van der Waals surface area contributed by atoms with Crippen LogP contribution in [0.25, 0.3) is 0 Å². The van der Waals surface area contributed by atoms with E-state index in [-0.39, 0.29) is 23.9 Å². The summed E-state index contributed by atoms with van der Waals surface area (Å²) in [5, 5.41) is 13.5. The highest BCUT2D eigenvalue weighted by Crippen LogP contribution is 2.21. The van der Waals surface area contributed by atoms with E-state index in [1.165, 1.54) is 12.1 Å². The Balaban J connectivity index is 2.74. The van der Waals surface area contributed by atoms with Crippen LogP contribution in [0.1, 0.15) is 47.1 Å². The Labute approximate surface area is 127 Å². The van der Waals surface area contributed by atoms with Gasteiger partial charge in [-0.3, -0.25) is 0 Å². The van der Waals surface area contributed by atoms with Crippen LogP contribution in [0.3, 0.4) is 0 Å². The number of halogens is 1. The van der Waals surface area contributed by atoms with Gasteiger partial charge in [0.25, 0.3) is 0 Å². The number of aliphatic hydroxyl groups is 1. The molecule has 120 valence electrons. The van der Waals surface area contributed by atoms with Gasteiger partial charge in [-0.2, -0.15) is 0 Å². The zero-order chi connectivity index (χ0) is 16.3. The smallest absolute Gasteiger partial charge is 0.127 e. The summed E-state index contributed by atoms with van der Waals surface area (Å²) in [5.74, 6) is 0.178. The average molecular weight is 297 g/mol. The average Bonchev–Trinajstić information content (AvgIpc) is 2.32. The van der Waals surface area contributed by atoms with Crippen molar-refractivity contribution < 1.29 is 14.2 Å². The number of nitrogens with one attached hydrogen (secondary N) is 1. The molecular formula is C17H28FNO2. The van der Waals surface area contributed by atoms with Crippen LogP contribution in [-0.4, -0.2) is 22.9 Å². The molecule has 0 saturated heterocycles. The van der Waals surface area contributed by atoms with Crippen molar-refractivity contribution in [2.75, 3.05) is 6.61 Å². The summed E-state index contributed by atoms with van der Waals surface area (Å²) >= 11 is 0. The molecule has 0 aliphatic rings. The Morgan fingerprint density at radius 2 is 1.81 bits per heavy atom. The van der Waals surface area contributed by atoms with Crippen LogP contribution >= 0.6 is 0 Å². The van der Waals surface area contributed by atoms with Gasteiger partial charge in [0, 0.05) is 18.2 Å². The van der Waals surface area contributed by atoms with E-state index < -0.39 is 5.60 Å². The predicted octanol–water partition coefficient (Wildman–Crippen LogP) is 3.50. The topological polar surface area (TPSA) is 41.5 Å². The van der Waals surface area contributed by atoms with Gasteiger partial charge in [0.2, 0.25) is 0 Å². The molecule has 0 saturated carbocycles. The molecule has 0 bridgehead atoms. The summed E-state index contributed by atoms with van der Waals surface area (Å²) < 4.78 is 19.2. The third kappa shape index (κ3) is 6.44. The summed E-state index contributed by atoms with van der Waals surface area (Å²) in [6.45, 7) is 12.5. The standard InChI is InChI=1S/C17H28FNO2/c1-12(2)17(6,20)11-21-15-8-13(7-14(18)9-15)10-19-16(3,4)5/h7-9,12,19-20H,10-11H2,1-6H3. The summed E-state index contributed by atoms with van der Waals surface area (Å²) in [6.07, 6.45) is 0. The van der Waals surface area contributed by atoms with E-state index in [0.29, 0.717) is 12.3 Å². The lowest BCUT2D eigenvalue weighted by atomic mass is 9.94. The van der Waals surface area contributed by atoms with Crippen LogP contribution in [0.4, 0.5) is 4.39 Å². The largest absolute Gasteiger partial charge is 0.490 e. The highest BCUT2D eigenvalue weighted by atomic mass is 19.1. The lowest BCUT2D eigenvalue weighted by Gasteiger charge is -2.27. The highest BCUT2D eigenvalue weighted by molar-refractivity contribution is 5.29. The van der Waals surface area contributed by atoms with E-state index >= 15 is 0 Å². The van der Waals surface area contributed by atoms with Crippen molar-refractivity contribution in [2.45, 2.75) is 59.2 Å². The molecular weight excluding hydrogens is 269 g/mol. The Hall–Kier alpha value is -1.13. The number of benzene rings is 1. The quantitative estimate of drug-likeness (QED) is 0.844. The van der Waals surface area contributed by atoms with Gasteiger partial charge in [-0.15, -0.1) is 0 Å². The van der Waals surface area contributed by atoms with Crippen LogP contribution in [0.2, 0.25) is 0 Å². The van der Waals surface area contributed by atoms with E-state index in [1.807, 2.05) is 13.8 Å². The summed E-state index contributed by atoms with van der Waals surface area (Å²) in [5.41, 5.74) is -0.144. The third-order valence-electron chi connectivity index (χ3n) is 3.53. The SMILES string of the molecule is CC(C)C(C)(O)COc1cc(F)cc(CNC(C)(C)C)c1. The van der Waals surface area contributed by atoms with Gasteiger partial charge in [0.05, 0.1) is 5.60 Å². The van der Waals surface area contributed by atoms with Crippen LogP contribution in [-0.2, 0) is 6.54 Å². The minimum atomic E-state index is -0.934. The molecule has 1 aromatic rings. The fourth-order valence-corrected chi connectivity index (χ4v) is 1.57. The lowest BCUT2D eigenvalue weighted by molar-refractivity contribution is -0.0267. The predicted molar refractivity (Wildman–Crippen MR) is 83.9 cm³/mol. The van der Waals surface area contributed by atoms with Crippen molar-refractivity contribution >= 4 is 0 Å². The molecule has 0 aliphatic heterocycles. The molecule has 1 atom stereocenters. The van der Waals surface area contributed by atoms with Crippen LogP contribution in [0.15, 0.2) is 18.2 Å². The first-order valence-electron chi connectivity index (χ1n) is 7.39. The van der Waals surface area contributed by atoms with Gasteiger partial charge in [-0.05, 0) is 51.3 Å². The van der Waals surface area contributed by atoms with E-state index in [1.54, 1.807) is 13.0 Å². The second-order valence-corrected chi connectivity index (χ2v) is 7.20. The van der Waals surface area contributed by atoms with Crippen molar-refractivity contribution in [3.8, 4) is 5.75 Å². The number of rotatable bonds is 6. The van der Waals surface area contributed by atoms with Gasteiger partial charge in [0.1, 0.15) is 18.2 Å². The zero-order valence-corrected chi connectivity index (χ0v) is 14.0. The Kier molecular flexibility index (Phi) is 5.76. The number of ether oxygens (including phenoxy) is 1. The van der Waals surface area contributed by atoms with Crippen molar-refractivity contribution in [2.24, 2.45) is 5.92 Å². The second kappa shape index (κ2) is 6.75. The normalized spacial score (nSPS) is 15.1. The van der Waals surface area contributed by atoms with Gasteiger partial charge in [0.15, 0.2) is 0 Å². The molecule has 1 rings (SSSR count). The van der Waals surface area contributed by atoms with Gasteiger partial charge < -0.3 is 15.2 Å². The first-order valence-corrected chi connectivity index (χ1v) is 7.39. The number of hydrogen-bond acceptors (Lipinski definition) is 3. The maximum Gasteiger partial charge on any atom is 0.127 e. The molecule has 1 unspecified atom stereocenters. The van der Waals surface area contributed by atoms with Crippen LogP contribution in [0, 0.1) is 11.7 Å². The van der Waals surface area contributed by atoms with Crippen LogP contribution in [0.5, 0.6) is 5.75 Å². The summed E-state index contributed by atoms with van der Waals surface area (Å²) in [7, 11) is 0. The Morgan fingerprint density at radius 3 is 2.33 bits per heavy atom. The van der Waals surface area contributed by atoms with Crippen molar-refractivity contribution in [1.29, 1.82) is 0 Å². The van der Waals surface area contributed by atoms with E-state index in [4.69, 9.17) is 4.74 Å².